The lowest BCUT2D eigenvalue weighted by atomic mass is 10.1. The van der Waals surface area contributed by atoms with Crippen LogP contribution in [0.25, 0.3) is 0 Å². The molecule has 7 nitrogen and oxygen atoms in total. The Morgan fingerprint density at radius 2 is 1.59 bits per heavy atom. The van der Waals surface area contributed by atoms with Crippen LogP contribution in [0.3, 0.4) is 0 Å². The predicted octanol–water partition coefficient (Wildman–Crippen LogP) is 2.80. The monoisotopic (exact) mass is 316 g/mol. The summed E-state index contributed by atoms with van der Waals surface area (Å²) in [6, 6.07) is 0. The molecule has 0 atom stereocenters. The molecule has 0 saturated carbocycles. The summed E-state index contributed by atoms with van der Waals surface area (Å²) in [4.78, 5) is 30.8. The van der Waals surface area contributed by atoms with Crippen LogP contribution in [0.15, 0.2) is 0 Å². The maximum Gasteiger partial charge on any atom is 0.533 e. The van der Waals surface area contributed by atoms with Crippen molar-refractivity contribution in [1.82, 2.24) is 9.96 Å². The third-order valence-electron chi connectivity index (χ3n) is 3.12. The van der Waals surface area contributed by atoms with Gasteiger partial charge in [-0.3, -0.25) is 0 Å². The Morgan fingerprint density at radius 1 is 1.00 bits per heavy atom. The number of hydroxylamine groups is 2. The minimum atomic E-state index is -0.894. The summed E-state index contributed by atoms with van der Waals surface area (Å²) in [5.74, 6) is 0. The summed E-state index contributed by atoms with van der Waals surface area (Å²) in [7, 11) is 0. The number of amides is 1. The summed E-state index contributed by atoms with van der Waals surface area (Å²) >= 11 is 0. The first kappa shape index (κ1) is 18.5. The average Bonchev–Trinajstić information content (AvgIpc) is 2.42. The van der Waals surface area contributed by atoms with Crippen molar-refractivity contribution in [3.05, 3.63) is 0 Å². The molecule has 0 radical (unpaired) electrons. The lowest BCUT2D eigenvalue weighted by Crippen LogP contribution is -2.42. The molecule has 1 amide bonds. The quantitative estimate of drug-likeness (QED) is 0.574. The highest BCUT2D eigenvalue weighted by atomic mass is 16.8. The van der Waals surface area contributed by atoms with Gasteiger partial charge < -0.3 is 19.2 Å². The molecule has 1 aliphatic rings. The SMILES string of the molecule is CC(C)OC(=O)ON(CCN1CCCCC1)C(=O)OC(C)C. The lowest BCUT2D eigenvalue weighted by molar-refractivity contribution is -0.122. The van der Waals surface area contributed by atoms with Gasteiger partial charge in [0.1, 0.15) is 0 Å². The minimum absolute atomic E-state index is 0.263. The Morgan fingerprint density at radius 3 is 2.14 bits per heavy atom. The van der Waals surface area contributed by atoms with Gasteiger partial charge in [0.25, 0.3) is 0 Å². The molecule has 1 fully saturated rings. The maximum absolute atomic E-state index is 12.0. The summed E-state index contributed by atoms with van der Waals surface area (Å²) in [5, 5.41) is 0.944. The zero-order chi connectivity index (χ0) is 16.5. The van der Waals surface area contributed by atoms with E-state index in [-0.39, 0.29) is 18.8 Å². The zero-order valence-corrected chi connectivity index (χ0v) is 14.0. The number of rotatable bonds is 5. The van der Waals surface area contributed by atoms with Gasteiger partial charge in [-0.25, -0.2) is 9.59 Å². The van der Waals surface area contributed by atoms with Crippen LogP contribution in [0.5, 0.6) is 0 Å². The number of piperidine rings is 1. The molecule has 128 valence electrons. The minimum Gasteiger partial charge on any atom is -0.445 e. The van der Waals surface area contributed by atoms with Crippen LogP contribution >= 0.6 is 0 Å². The normalized spacial score (nSPS) is 15.7. The van der Waals surface area contributed by atoms with Crippen molar-refractivity contribution in [1.29, 1.82) is 0 Å². The fourth-order valence-electron chi connectivity index (χ4n) is 2.15. The number of likely N-dealkylation sites (tertiary alicyclic amines) is 1. The molecule has 1 aliphatic heterocycles. The number of ether oxygens (including phenoxy) is 2. The smallest absolute Gasteiger partial charge is 0.445 e. The van der Waals surface area contributed by atoms with Gasteiger partial charge in [0.2, 0.25) is 0 Å². The Kier molecular flexibility index (Phi) is 8.01. The molecule has 0 bridgehead atoms. The molecule has 0 unspecified atom stereocenters. The third kappa shape index (κ3) is 7.49. The number of carbonyl (C=O) groups excluding carboxylic acids is 2. The molecule has 0 spiro atoms. The van der Waals surface area contributed by atoms with Crippen molar-refractivity contribution in [2.24, 2.45) is 0 Å². The van der Waals surface area contributed by atoms with E-state index < -0.39 is 12.2 Å². The third-order valence-corrected chi connectivity index (χ3v) is 3.12. The van der Waals surface area contributed by atoms with E-state index >= 15 is 0 Å². The Bertz CT molecular complexity index is 354. The van der Waals surface area contributed by atoms with Crippen molar-refractivity contribution >= 4 is 12.2 Å². The highest BCUT2D eigenvalue weighted by molar-refractivity contribution is 5.69. The standard InChI is InChI=1S/C15H28N2O5/c1-12(2)20-14(18)17(22-15(19)21-13(3)4)11-10-16-8-6-5-7-9-16/h12-13H,5-11H2,1-4H3. The van der Waals surface area contributed by atoms with Gasteiger partial charge in [0.15, 0.2) is 0 Å². The van der Waals surface area contributed by atoms with Crippen LogP contribution in [0, 0.1) is 0 Å². The molecule has 0 aromatic heterocycles. The van der Waals surface area contributed by atoms with Crippen molar-refractivity contribution in [3.63, 3.8) is 0 Å². The second-order valence-corrected chi connectivity index (χ2v) is 5.94. The molecule has 0 aromatic rings. The van der Waals surface area contributed by atoms with Gasteiger partial charge in [-0.1, -0.05) is 6.42 Å². The zero-order valence-electron chi connectivity index (χ0n) is 14.0. The van der Waals surface area contributed by atoms with Crippen molar-refractivity contribution in [3.8, 4) is 0 Å². The lowest BCUT2D eigenvalue weighted by Gasteiger charge is -2.29. The molecule has 1 saturated heterocycles. The molecule has 0 N–H and O–H groups in total. The van der Waals surface area contributed by atoms with Gasteiger partial charge >= 0.3 is 12.2 Å². The summed E-state index contributed by atoms with van der Waals surface area (Å²) in [5.41, 5.74) is 0. The van der Waals surface area contributed by atoms with E-state index in [2.05, 4.69) is 4.90 Å². The van der Waals surface area contributed by atoms with Crippen molar-refractivity contribution in [2.45, 2.75) is 59.2 Å². The molecule has 7 heteroatoms. The molecule has 0 aromatic carbocycles. The van der Waals surface area contributed by atoms with Gasteiger partial charge in [-0.2, -0.15) is 0 Å². The highest BCUT2D eigenvalue weighted by Gasteiger charge is 2.24. The summed E-state index contributed by atoms with van der Waals surface area (Å²) in [6.07, 6.45) is 1.40. The molecule has 0 aliphatic carbocycles. The van der Waals surface area contributed by atoms with Crippen LogP contribution < -0.4 is 0 Å². The van der Waals surface area contributed by atoms with Gasteiger partial charge in [0, 0.05) is 6.54 Å². The first-order chi connectivity index (χ1) is 10.4. The number of hydrogen-bond donors (Lipinski definition) is 0. The molecule has 1 rings (SSSR count). The predicted molar refractivity (Wildman–Crippen MR) is 81.3 cm³/mol. The maximum atomic E-state index is 12.0. The van der Waals surface area contributed by atoms with Crippen LogP contribution in [-0.2, 0) is 14.3 Å². The number of nitrogens with zero attached hydrogens (tertiary/aromatic N) is 2. The van der Waals surface area contributed by atoms with Gasteiger partial charge in [-0.05, 0) is 53.6 Å². The van der Waals surface area contributed by atoms with Gasteiger partial charge in [-0.15, -0.1) is 5.06 Å². The van der Waals surface area contributed by atoms with Crippen LogP contribution in [-0.4, -0.2) is 60.6 Å². The van der Waals surface area contributed by atoms with E-state index in [1.165, 1.54) is 6.42 Å². The molecule has 22 heavy (non-hydrogen) atoms. The highest BCUT2D eigenvalue weighted by Crippen LogP contribution is 2.09. The van der Waals surface area contributed by atoms with Crippen molar-refractivity contribution in [2.75, 3.05) is 26.2 Å². The molecule has 1 heterocycles. The van der Waals surface area contributed by atoms with E-state index in [4.69, 9.17) is 14.3 Å². The number of hydrogen-bond acceptors (Lipinski definition) is 6. The summed E-state index contributed by atoms with van der Waals surface area (Å²) < 4.78 is 10.00. The average molecular weight is 316 g/mol. The molecular weight excluding hydrogens is 288 g/mol. The Hall–Kier alpha value is -1.50. The Balaban J connectivity index is 2.52. The van der Waals surface area contributed by atoms with Crippen LogP contribution in [0.2, 0.25) is 0 Å². The van der Waals surface area contributed by atoms with Crippen molar-refractivity contribution < 1.29 is 23.9 Å². The Labute approximate surface area is 132 Å². The van der Waals surface area contributed by atoms with E-state index in [0.717, 1.165) is 31.0 Å². The van der Waals surface area contributed by atoms with E-state index in [1.807, 2.05) is 0 Å². The van der Waals surface area contributed by atoms with Gasteiger partial charge in [0.05, 0.1) is 18.8 Å². The van der Waals surface area contributed by atoms with Crippen LogP contribution in [0.4, 0.5) is 9.59 Å². The summed E-state index contributed by atoms with van der Waals surface area (Å²) in [6.45, 7) is 9.83. The number of carbonyl (C=O) groups is 2. The van der Waals surface area contributed by atoms with Crippen LogP contribution in [0.1, 0.15) is 47.0 Å². The largest absolute Gasteiger partial charge is 0.533 e. The topological polar surface area (TPSA) is 68.3 Å². The van der Waals surface area contributed by atoms with E-state index in [1.54, 1.807) is 27.7 Å². The second kappa shape index (κ2) is 9.50. The van der Waals surface area contributed by atoms with E-state index in [0.29, 0.717) is 6.54 Å². The molecular formula is C15H28N2O5. The van der Waals surface area contributed by atoms with E-state index in [9.17, 15) is 9.59 Å². The second-order valence-electron chi connectivity index (χ2n) is 5.94. The first-order valence-electron chi connectivity index (χ1n) is 7.97. The fourth-order valence-corrected chi connectivity index (χ4v) is 2.15. The first-order valence-corrected chi connectivity index (χ1v) is 7.97. The fraction of sp³-hybridized carbons (Fsp3) is 0.867.